The van der Waals surface area contributed by atoms with Crippen molar-refractivity contribution in [3.63, 3.8) is 0 Å². The predicted molar refractivity (Wildman–Crippen MR) is 97.5 cm³/mol. The van der Waals surface area contributed by atoms with E-state index in [1.807, 2.05) is 32.0 Å². The highest BCUT2D eigenvalue weighted by molar-refractivity contribution is 5.84. The van der Waals surface area contributed by atoms with Gasteiger partial charge in [-0.3, -0.25) is 14.8 Å². The van der Waals surface area contributed by atoms with E-state index in [-0.39, 0.29) is 11.3 Å². The topological polar surface area (TPSA) is 87.4 Å². The number of hydrogen-bond acceptors (Lipinski definition) is 4. The van der Waals surface area contributed by atoms with E-state index >= 15 is 0 Å². The summed E-state index contributed by atoms with van der Waals surface area (Å²) in [5, 5.41) is 10.4. The molecule has 3 rings (SSSR count). The van der Waals surface area contributed by atoms with Crippen molar-refractivity contribution in [3.8, 4) is 11.6 Å². The average molecular weight is 353 g/mol. The lowest BCUT2D eigenvalue weighted by molar-refractivity contribution is 0.430. The van der Waals surface area contributed by atoms with E-state index < -0.39 is 22.9 Å². The number of aryl methyl sites for hydroxylation is 2. The second-order valence-electron chi connectivity index (χ2n) is 5.91. The summed E-state index contributed by atoms with van der Waals surface area (Å²) in [7, 11) is 0. The first-order valence-electron chi connectivity index (χ1n) is 7.82. The van der Waals surface area contributed by atoms with Gasteiger partial charge in [0.05, 0.1) is 11.4 Å². The third-order valence-electron chi connectivity index (χ3n) is 3.75. The van der Waals surface area contributed by atoms with E-state index in [4.69, 9.17) is 0 Å². The highest BCUT2D eigenvalue weighted by atomic mass is 19.1. The number of H-pyrrole nitrogens is 1. The number of nitrogens with zero attached hydrogens (tertiary/aromatic N) is 2. The molecule has 0 saturated heterocycles. The minimum Gasteiger partial charge on any atom is -0.493 e. The van der Waals surface area contributed by atoms with Crippen LogP contribution < -0.4 is 11.2 Å². The largest absolute Gasteiger partial charge is 0.493 e. The van der Waals surface area contributed by atoms with Crippen LogP contribution in [-0.2, 0) is 0 Å². The van der Waals surface area contributed by atoms with Crippen molar-refractivity contribution in [2.24, 2.45) is 4.99 Å². The first-order valence-corrected chi connectivity index (χ1v) is 7.82. The molecule has 0 saturated carbocycles. The highest BCUT2D eigenvalue weighted by Gasteiger charge is 2.14. The van der Waals surface area contributed by atoms with Crippen LogP contribution in [-0.4, -0.2) is 20.9 Å². The Morgan fingerprint density at radius 2 is 1.69 bits per heavy atom. The normalized spacial score (nSPS) is 11.2. The Hall–Kier alpha value is -3.48. The van der Waals surface area contributed by atoms with Gasteiger partial charge in [-0.2, -0.15) is 0 Å². The van der Waals surface area contributed by atoms with Crippen LogP contribution in [0, 0.1) is 19.7 Å². The number of nitrogens with one attached hydrogen (secondary N) is 1. The fourth-order valence-electron chi connectivity index (χ4n) is 2.65. The van der Waals surface area contributed by atoms with Crippen molar-refractivity contribution in [3.05, 3.63) is 85.8 Å². The van der Waals surface area contributed by atoms with Crippen LogP contribution in [0.2, 0.25) is 0 Å². The molecule has 0 unspecified atom stereocenters. The van der Waals surface area contributed by atoms with Gasteiger partial charge in [0, 0.05) is 6.21 Å². The van der Waals surface area contributed by atoms with Crippen LogP contribution in [0.5, 0.6) is 5.88 Å². The molecule has 2 N–H and O–H groups in total. The number of rotatable bonds is 3. The lowest BCUT2D eigenvalue weighted by Crippen LogP contribution is -2.31. The minimum absolute atomic E-state index is 0.173. The Morgan fingerprint density at radius 3 is 2.31 bits per heavy atom. The van der Waals surface area contributed by atoms with E-state index in [1.54, 1.807) is 0 Å². The predicted octanol–water partition coefficient (Wildman–Crippen LogP) is 2.74. The van der Waals surface area contributed by atoms with Crippen LogP contribution >= 0.6 is 0 Å². The molecule has 0 radical (unpaired) electrons. The Morgan fingerprint density at radius 1 is 1.08 bits per heavy atom. The Labute approximate surface area is 147 Å². The van der Waals surface area contributed by atoms with Gasteiger partial charge in [0.2, 0.25) is 5.88 Å². The molecule has 0 fully saturated rings. The van der Waals surface area contributed by atoms with Gasteiger partial charge in [-0.25, -0.2) is 13.8 Å². The first kappa shape index (κ1) is 17.3. The van der Waals surface area contributed by atoms with E-state index in [9.17, 15) is 19.1 Å². The van der Waals surface area contributed by atoms with Crippen molar-refractivity contribution in [1.29, 1.82) is 0 Å². The second kappa shape index (κ2) is 6.79. The first-order chi connectivity index (χ1) is 12.3. The molecule has 132 valence electrons. The summed E-state index contributed by atoms with van der Waals surface area (Å²) in [6.45, 7) is 3.84. The zero-order valence-electron chi connectivity index (χ0n) is 14.2. The van der Waals surface area contributed by atoms with Gasteiger partial charge in [0.1, 0.15) is 11.4 Å². The van der Waals surface area contributed by atoms with E-state index in [0.717, 1.165) is 27.8 Å². The van der Waals surface area contributed by atoms with Crippen molar-refractivity contribution in [1.82, 2.24) is 9.55 Å². The van der Waals surface area contributed by atoms with Gasteiger partial charge < -0.3 is 5.11 Å². The summed E-state index contributed by atoms with van der Waals surface area (Å²) < 4.78 is 14.0. The second-order valence-corrected chi connectivity index (χ2v) is 5.91. The molecule has 6 nitrogen and oxygen atoms in total. The molecule has 3 aromatic rings. The lowest BCUT2D eigenvalue weighted by atomic mass is 10.1. The van der Waals surface area contributed by atoms with Crippen molar-refractivity contribution >= 4 is 11.9 Å². The molecular formula is C19H16FN3O3. The van der Waals surface area contributed by atoms with E-state index in [2.05, 4.69) is 9.98 Å². The molecule has 0 amide bonds. The maximum Gasteiger partial charge on any atom is 0.335 e. The third kappa shape index (κ3) is 3.46. The lowest BCUT2D eigenvalue weighted by Gasteiger charge is -2.09. The smallest absolute Gasteiger partial charge is 0.335 e. The fourth-order valence-corrected chi connectivity index (χ4v) is 2.65. The van der Waals surface area contributed by atoms with Crippen molar-refractivity contribution < 1.29 is 9.50 Å². The van der Waals surface area contributed by atoms with Gasteiger partial charge >= 0.3 is 5.69 Å². The van der Waals surface area contributed by atoms with Crippen molar-refractivity contribution in [2.45, 2.75) is 13.8 Å². The van der Waals surface area contributed by atoms with Crippen LogP contribution in [0.25, 0.3) is 5.69 Å². The zero-order chi connectivity index (χ0) is 18.8. The molecule has 1 aromatic heterocycles. The summed E-state index contributed by atoms with van der Waals surface area (Å²) in [6.07, 6.45) is 1.20. The molecule has 0 bridgehead atoms. The maximum absolute atomic E-state index is 13.1. The SMILES string of the molecule is Cc1cc(C)cc(N=Cc2c(O)n(-c3ccc(F)cc3)c(=O)[nH]c2=O)c1. The summed E-state index contributed by atoms with van der Waals surface area (Å²) in [5.74, 6) is -1.05. The Balaban J connectivity index is 2.12. The summed E-state index contributed by atoms with van der Waals surface area (Å²) in [4.78, 5) is 30.5. The molecule has 0 aliphatic carbocycles. The van der Waals surface area contributed by atoms with Crippen LogP contribution in [0.4, 0.5) is 10.1 Å². The molecule has 0 aliphatic rings. The molecule has 2 aromatic carbocycles. The van der Waals surface area contributed by atoms with E-state index in [0.29, 0.717) is 5.69 Å². The zero-order valence-corrected chi connectivity index (χ0v) is 14.2. The minimum atomic E-state index is -0.831. The Bertz CT molecular complexity index is 1090. The number of aromatic nitrogens is 2. The number of aromatic hydroxyl groups is 1. The van der Waals surface area contributed by atoms with Gasteiger partial charge in [-0.1, -0.05) is 6.07 Å². The number of benzene rings is 2. The number of aromatic amines is 1. The number of hydrogen-bond donors (Lipinski definition) is 2. The van der Waals surface area contributed by atoms with Gasteiger partial charge in [-0.05, 0) is 61.4 Å². The third-order valence-corrected chi connectivity index (χ3v) is 3.75. The molecule has 26 heavy (non-hydrogen) atoms. The summed E-state index contributed by atoms with van der Waals surface area (Å²) >= 11 is 0. The number of halogens is 1. The molecular weight excluding hydrogens is 337 g/mol. The molecule has 7 heteroatoms. The van der Waals surface area contributed by atoms with Crippen LogP contribution in [0.15, 0.2) is 57.0 Å². The monoisotopic (exact) mass is 353 g/mol. The Kier molecular flexibility index (Phi) is 4.53. The van der Waals surface area contributed by atoms with Gasteiger partial charge in [0.25, 0.3) is 5.56 Å². The molecule has 1 heterocycles. The molecule has 0 aliphatic heterocycles. The van der Waals surface area contributed by atoms with Gasteiger partial charge in [0.15, 0.2) is 0 Å². The highest BCUT2D eigenvalue weighted by Crippen LogP contribution is 2.19. The quantitative estimate of drug-likeness (QED) is 0.710. The molecule has 0 spiro atoms. The fraction of sp³-hybridized carbons (Fsp3) is 0.105. The van der Waals surface area contributed by atoms with Gasteiger partial charge in [-0.15, -0.1) is 0 Å². The van der Waals surface area contributed by atoms with E-state index in [1.165, 1.54) is 18.3 Å². The standard InChI is InChI=1S/C19H16FN3O3/c1-11-7-12(2)9-14(8-11)21-10-16-17(24)22-19(26)23(18(16)25)15-5-3-13(20)4-6-15/h3-10,25H,1-2H3,(H,22,24,26). The summed E-state index contributed by atoms with van der Waals surface area (Å²) in [6, 6.07) is 10.6. The average Bonchev–Trinajstić information content (AvgIpc) is 2.55. The van der Waals surface area contributed by atoms with Crippen LogP contribution in [0.1, 0.15) is 16.7 Å². The van der Waals surface area contributed by atoms with Crippen LogP contribution in [0.3, 0.4) is 0 Å². The van der Waals surface area contributed by atoms with Crippen molar-refractivity contribution in [2.75, 3.05) is 0 Å². The summed E-state index contributed by atoms with van der Waals surface area (Å²) in [5.41, 5.74) is 1.07. The molecule has 0 atom stereocenters. The maximum atomic E-state index is 13.1. The number of aliphatic imine (C=N–C) groups is 1.